The van der Waals surface area contributed by atoms with E-state index in [1.54, 1.807) is 11.4 Å². The molecule has 2 bridgehead atoms. The number of aromatic nitrogens is 3. The molecule has 0 radical (unpaired) electrons. The van der Waals surface area contributed by atoms with Crippen LogP contribution in [0.1, 0.15) is 30.1 Å². The highest BCUT2D eigenvalue weighted by Crippen LogP contribution is 2.34. The summed E-state index contributed by atoms with van der Waals surface area (Å²) in [7, 11) is -1.71. The molecule has 8 heteroatoms. The quantitative estimate of drug-likeness (QED) is 0.761. The largest absolute Gasteiger partial charge is 0.384 e. The summed E-state index contributed by atoms with van der Waals surface area (Å²) in [5, 5.41) is 8.62. The molecule has 26 heavy (non-hydrogen) atoms. The first kappa shape index (κ1) is 17.6. The lowest BCUT2D eigenvalue weighted by Crippen LogP contribution is -2.42. The molecule has 4 rings (SSSR count). The molecule has 2 atom stereocenters. The van der Waals surface area contributed by atoms with Crippen molar-refractivity contribution in [2.24, 2.45) is 0 Å². The summed E-state index contributed by atoms with van der Waals surface area (Å²) in [6, 6.07) is 9.36. The van der Waals surface area contributed by atoms with E-state index in [0.29, 0.717) is 26.0 Å². The Hall–Kier alpha value is -1.77. The Bertz CT molecular complexity index is 866. The van der Waals surface area contributed by atoms with Gasteiger partial charge in [0.25, 0.3) is 0 Å². The zero-order valence-electron chi connectivity index (χ0n) is 14.9. The minimum absolute atomic E-state index is 0.0190. The number of benzene rings is 1. The number of hydrogen-bond acceptors (Lipinski definition) is 5. The van der Waals surface area contributed by atoms with Crippen LogP contribution in [0.25, 0.3) is 0 Å². The molecule has 3 heterocycles. The molecule has 1 aromatic carbocycles. The van der Waals surface area contributed by atoms with Gasteiger partial charge in [-0.25, -0.2) is 8.42 Å². The summed E-state index contributed by atoms with van der Waals surface area (Å²) in [6.07, 6.45) is 3.10. The van der Waals surface area contributed by atoms with Crippen molar-refractivity contribution in [3.05, 3.63) is 47.5 Å². The molecule has 0 N–H and O–H groups in total. The van der Waals surface area contributed by atoms with Crippen molar-refractivity contribution < 1.29 is 13.2 Å². The van der Waals surface area contributed by atoms with E-state index in [2.05, 4.69) is 14.8 Å². The third-order valence-electron chi connectivity index (χ3n) is 5.31. The fourth-order valence-electron chi connectivity index (χ4n) is 4.15. The zero-order valence-corrected chi connectivity index (χ0v) is 15.7. The molecular weight excluding hydrogens is 352 g/mol. The molecule has 0 unspecified atom stereocenters. The highest BCUT2D eigenvalue weighted by molar-refractivity contribution is 7.88. The number of ether oxygens (including phenoxy) is 1. The van der Waals surface area contributed by atoms with Crippen molar-refractivity contribution in [1.82, 2.24) is 19.1 Å². The standard InChI is InChI=1S/C18H24N4O3S/c1-25-10-9-17-19-20-18-11-15-7-8-16(12-21(17)18)22(15)26(23,24)13-14-5-3-2-4-6-14/h2-6,15-16H,7-13H2,1H3/t15-,16+/m0/s1. The van der Waals surface area contributed by atoms with Crippen LogP contribution in [-0.2, 0) is 39.9 Å². The van der Waals surface area contributed by atoms with Crippen LogP contribution >= 0.6 is 0 Å². The number of hydrogen-bond donors (Lipinski definition) is 0. The number of rotatable bonds is 6. The van der Waals surface area contributed by atoms with Crippen LogP contribution < -0.4 is 0 Å². The Balaban J connectivity index is 1.59. The van der Waals surface area contributed by atoms with Crippen molar-refractivity contribution >= 4 is 10.0 Å². The highest BCUT2D eigenvalue weighted by atomic mass is 32.2. The maximum atomic E-state index is 13.2. The summed E-state index contributed by atoms with van der Waals surface area (Å²) >= 11 is 0. The van der Waals surface area contributed by atoms with Gasteiger partial charge in [0.1, 0.15) is 11.6 Å². The summed E-state index contributed by atoms with van der Waals surface area (Å²) < 4.78 is 35.3. The molecule has 0 spiro atoms. The van der Waals surface area contributed by atoms with Gasteiger partial charge in [0, 0.05) is 38.6 Å². The fourth-order valence-corrected chi connectivity index (χ4v) is 6.17. The first-order valence-corrected chi connectivity index (χ1v) is 10.6. The predicted octanol–water partition coefficient (Wildman–Crippen LogP) is 1.39. The van der Waals surface area contributed by atoms with Gasteiger partial charge >= 0.3 is 0 Å². The molecule has 2 aliphatic rings. The Labute approximate surface area is 154 Å². The number of fused-ring (bicyclic) bond motifs is 3. The topological polar surface area (TPSA) is 77.3 Å². The van der Waals surface area contributed by atoms with E-state index in [1.165, 1.54) is 0 Å². The van der Waals surface area contributed by atoms with E-state index < -0.39 is 10.0 Å². The van der Waals surface area contributed by atoms with Gasteiger partial charge < -0.3 is 9.30 Å². The Morgan fingerprint density at radius 1 is 1.15 bits per heavy atom. The lowest BCUT2D eigenvalue weighted by Gasteiger charge is -2.27. The molecule has 1 fully saturated rings. The van der Waals surface area contributed by atoms with Crippen LogP contribution in [-0.4, -0.2) is 53.3 Å². The van der Waals surface area contributed by atoms with Crippen molar-refractivity contribution in [1.29, 1.82) is 0 Å². The summed E-state index contributed by atoms with van der Waals surface area (Å²) in [5.74, 6) is 1.83. The lowest BCUT2D eigenvalue weighted by molar-refractivity contribution is 0.199. The van der Waals surface area contributed by atoms with E-state index in [4.69, 9.17) is 4.74 Å². The number of methoxy groups -OCH3 is 1. The van der Waals surface area contributed by atoms with Crippen LogP contribution in [0.5, 0.6) is 0 Å². The zero-order chi connectivity index (χ0) is 18.1. The van der Waals surface area contributed by atoms with E-state index in [0.717, 1.165) is 30.1 Å². The van der Waals surface area contributed by atoms with Gasteiger partial charge in [-0.1, -0.05) is 30.3 Å². The average molecular weight is 376 g/mol. The van der Waals surface area contributed by atoms with Gasteiger partial charge in [0.15, 0.2) is 0 Å². The third-order valence-corrected chi connectivity index (χ3v) is 7.25. The minimum Gasteiger partial charge on any atom is -0.384 e. The first-order chi connectivity index (χ1) is 12.6. The van der Waals surface area contributed by atoms with Crippen LogP contribution in [0, 0.1) is 0 Å². The predicted molar refractivity (Wildman–Crippen MR) is 97.0 cm³/mol. The van der Waals surface area contributed by atoms with E-state index in [-0.39, 0.29) is 17.8 Å². The Morgan fingerprint density at radius 3 is 2.69 bits per heavy atom. The molecule has 2 aliphatic heterocycles. The lowest BCUT2D eigenvalue weighted by atomic mass is 10.1. The first-order valence-electron chi connectivity index (χ1n) is 9.03. The SMILES string of the molecule is COCCc1nnc2n1C[C@H]1CC[C@@H](C2)N1S(=O)(=O)Cc1ccccc1. The van der Waals surface area contributed by atoms with E-state index in [9.17, 15) is 8.42 Å². The fraction of sp³-hybridized carbons (Fsp3) is 0.556. The van der Waals surface area contributed by atoms with Crippen LogP contribution in [0.4, 0.5) is 0 Å². The molecule has 7 nitrogen and oxygen atoms in total. The summed E-state index contributed by atoms with van der Waals surface area (Å²) in [6.45, 7) is 1.22. The van der Waals surface area contributed by atoms with Gasteiger partial charge in [0.2, 0.25) is 10.0 Å². The molecule has 0 amide bonds. The third kappa shape index (κ3) is 3.28. The second-order valence-corrected chi connectivity index (χ2v) is 8.92. The smallest absolute Gasteiger partial charge is 0.218 e. The number of sulfonamides is 1. The molecule has 2 aromatic rings. The molecule has 1 aromatic heterocycles. The summed E-state index contributed by atoms with van der Waals surface area (Å²) in [5.41, 5.74) is 0.830. The van der Waals surface area contributed by atoms with Crippen molar-refractivity contribution in [2.45, 2.75) is 50.1 Å². The Morgan fingerprint density at radius 2 is 1.92 bits per heavy atom. The highest BCUT2D eigenvalue weighted by Gasteiger charge is 2.44. The van der Waals surface area contributed by atoms with Gasteiger partial charge in [0.05, 0.1) is 12.4 Å². The second kappa shape index (κ2) is 7.09. The normalized spacial score (nSPS) is 23.0. The van der Waals surface area contributed by atoms with Crippen molar-refractivity contribution in [2.75, 3.05) is 13.7 Å². The van der Waals surface area contributed by atoms with Crippen LogP contribution in [0.15, 0.2) is 30.3 Å². The molecule has 140 valence electrons. The minimum atomic E-state index is -3.37. The van der Waals surface area contributed by atoms with Gasteiger partial charge in [-0.05, 0) is 18.4 Å². The molecule has 0 aliphatic carbocycles. The monoisotopic (exact) mass is 376 g/mol. The summed E-state index contributed by atoms with van der Waals surface area (Å²) in [4.78, 5) is 0. The van der Waals surface area contributed by atoms with Crippen LogP contribution in [0.3, 0.4) is 0 Å². The van der Waals surface area contributed by atoms with Crippen molar-refractivity contribution in [3.63, 3.8) is 0 Å². The number of nitrogens with zero attached hydrogens (tertiary/aromatic N) is 4. The van der Waals surface area contributed by atoms with Gasteiger partial charge in [-0.3, -0.25) is 0 Å². The van der Waals surface area contributed by atoms with Crippen molar-refractivity contribution in [3.8, 4) is 0 Å². The molecule has 1 saturated heterocycles. The van der Waals surface area contributed by atoms with Gasteiger partial charge in [-0.15, -0.1) is 10.2 Å². The van der Waals surface area contributed by atoms with Crippen LogP contribution in [0.2, 0.25) is 0 Å². The van der Waals surface area contributed by atoms with E-state index >= 15 is 0 Å². The van der Waals surface area contributed by atoms with Gasteiger partial charge in [-0.2, -0.15) is 4.31 Å². The Kier molecular flexibility index (Phi) is 4.81. The van der Waals surface area contributed by atoms with E-state index in [1.807, 2.05) is 30.3 Å². The average Bonchev–Trinajstić information content (AvgIpc) is 3.13. The molecule has 0 saturated carbocycles. The molecular formula is C18H24N4O3S. The maximum Gasteiger partial charge on any atom is 0.218 e. The maximum absolute atomic E-state index is 13.2. The second-order valence-electron chi connectivity index (χ2n) is 7.05.